The summed E-state index contributed by atoms with van der Waals surface area (Å²) in [6, 6.07) is 6.29. The second kappa shape index (κ2) is 11.3. The van der Waals surface area contributed by atoms with Crippen molar-refractivity contribution in [3.8, 4) is 11.5 Å². The van der Waals surface area contributed by atoms with Crippen LogP contribution < -0.4 is 5.32 Å². The van der Waals surface area contributed by atoms with Crippen molar-refractivity contribution < 1.29 is 24.4 Å². The summed E-state index contributed by atoms with van der Waals surface area (Å²) in [6.45, 7) is 2.11. The van der Waals surface area contributed by atoms with Gasteiger partial charge in [-0.3, -0.25) is 10.7 Å². The monoisotopic (exact) mass is 516 g/mol. The van der Waals surface area contributed by atoms with Crippen LogP contribution in [-0.4, -0.2) is 39.7 Å². The van der Waals surface area contributed by atoms with E-state index in [1.54, 1.807) is 36.3 Å². The number of nitrogens with two attached hydrogens (primary N) is 1. The summed E-state index contributed by atoms with van der Waals surface area (Å²) in [5.41, 5.74) is 2.65. The van der Waals surface area contributed by atoms with E-state index in [1.165, 1.54) is 0 Å². The molecule has 198 valence electrons. The van der Waals surface area contributed by atoms with E-state index in [0.29, 0.717) is 18.3 Å². The third-order valence-electron chi connectivity index (χ3n) is 7.75. The number of aliphatic hydroxyl groups is 1. The summed E-state index contributed by atoms with van der Waals surface area (Å²) in [5.74, 6) is 0.624. The van der Waals surface area contributed by atoms with E-state index in [-0.39, 0.29) is 35.9 Å². The first-order chi connectivity index (χ1) is 18.5. The molecule has 1 saturated carbocycles. The Bertz CT molecular complexity index is 1320. The zero-order valence-electron chi connectivity index (χ0n) is 21.7. The molecular weight excluding hydrogens is 482 g/mol. The largest absolute Gasteiger partial charge is 0.512 e. The van der Waals surface area contributed by atoms with Gasteiger partial charge in [-0.25, -0.2) is 9.78 Å². The van der Waals surface area contributed by atoms with Gasteiger partial charge in [0.1, 0.15) is 29.7 Å². The summed E-state index contributed by atoms with van der Waals surface area (Å²) in [6.07, 6.45) is 14.9. The number of nitrogens with one attached hydrogen (secondary N) is 1. The molecule has 1 atom stereocenters. The highest BCUT2D eigenvalue weighted by atomic mass is 16.6. The molecule has 38 heavy (non-hydrogen) atoms. The van der Waals surface area contributed by atoms with Crippen molar-refractivity contribution in [2.75, 3.05) is 0 Å². The summed E-state index contributed by atoms with van der Waals surface area (Å²) in [5, 5.41) is 21.0. The van der Waals surface area contributed by atoms with Crippen LogP contribution in [0.2, 0.25) is 0 Å². The Morgan fingerprint density at radius 2 is 2.16 bits per heavy atom. The van der Waals surface area contributed by atoms with Gasteiger partial charge in [-0.2, -0.15) is 9.98 Å². The van der Waals surface area contributed by atoms with Crippen molar-refractivity contribution in [3.05, 3.63) is 65.4 Å². The van der Waals surface area contributed by atoms with Gasteiger partial charge >= 0.3 is 11.9 Å². The zero-order chi connectivity index (χ0) is 26.5. The lowest BCUT2D eigenvalue weighted by Gasteiger charge is -2.42. The van der Waals surface area contributed by atoms with E-state index >= 15 is 0 Å². The Kier molecular flexibility index (Phi) is 7.64. The molecule has 1 unspecified atom stereocenters. The lowest BCUT2D eigenvalue weighted by Crippen LogP contribution is -2.82. The van der Waals surface area contributed by atoms with Gasteiger partial charge in [-0.05, 0) is 55.2 Å². The van der Waals surface area contributed by atoms with Crippen LogP contribution in [0.3, 0.4) is 0 Å². The molecule has 3 aliphatic rings. The highest BCUT2D eigenvalue weighted by Gasteiger charge is 2.48. The van der Waals surface area contributed by atoms with Crippen LogP contribution in [0.4, 0.5) is 0 Å². The minimum atomic E-state index is -0.755. The van der Waals surface area contributed by atoms with Gasteiger partial charge in [-0.15, -0.1) is 0 Å². The highest BCUT2D eigenvalue weighted by Crippen LogP contribution is 2.46. The van der Waals surface area contributed by atoms with E-state index < -0.39 is 11.6 Å². The maximum atomic E-state index is 13.2. The van der Waals surface area contributed by atoms with Gasteiger partial charge < -0.3 is 14.3 Å². The Morgan fingerprint density at radius 1 is 1.32 bits per heavy atom. The highest BCUT2D eigenvalue weighted by molar-refractivity contribution is 6.01. The number of quaternary nitrogens is 1. The number of hydrogen-bond acceptors (Lipinski definition) is 6. The zero-order valence-corrected chi connectivity index (χ0v) is 21.7. The topological polar surface area (TPSA) is 138 Å². The number of cyclic esters (lactones) is 1. The van der Waals surface area contributed by atoms with Crippen molar-refractivity contribution >= 4 is 24.0 Å². The molecule has 0 saturated heterocycles. The van der Waals surface area contributed by atoms with Crippen LogP contribution in [0, 0.1) is 11.3 Å². The first-order valence-corrected chi connectivity index (χ1v) is 13.3. The molecule has 0 radical (unpaired) electrons. The van der Waals surface area contributed by atoms with Crippen molar-refractivity contribution in [1.82, 2.24) is 4.98 Å². The second-order valence-electron chi connectivity index (χ2n) is 10.1. The van der Waals surface area contributed by atoms with Crippen LogP contribution in [0.25, 0.3) is 11.5 Å². The number of rotatable bonds is 8. The third-order valence-corrected chi connectivity index (χ3v) is 7.75. The number of carbonyl (C=O) groups is 1. The number of oxazole rings is 1. The number of guanidine groups is 1. The molecule has 1 aliphatic carbocycles. The van der Waals surface area contributed by atoms with Gasteiger partial charge in [0.05, 0.1) is 11.8 Å². The Labute approximate surface area is 221 Å². The molecule has 4 N–H and O–H groups in total. The fourth-order valence-corrected chi connectivity index (χ4v) is 5.77. The number of aliphatic hydroxyl groups excluding tert-OH is 1. The van der Waals surface area contributed by atoms with Crippen LogP contribution in [-0.2, 0) is 22.4 Å². The van der Waals surface area contributed by atoms with E-state index in [0.717, 1.165) is 55.2 Å². The summed E-state index contributed by atoms with van der Waals surface area (Å²) in [7, 11) is 0. The number of nitrogens with zero attached hydrogens (tertiary/aromatic N) is 3. The number of aromatic nitrogens is 1. The number of allylic oxidation sites excluding steroid dienone is 1. The second-order valence-corrected chi connectivity index (χ2v) is 10.1. The predicted molar refractivity (Wildman–Crippen MR) is 144 cm³/mol. The molecule has 3 heterocycles. The number of esters is 1. The van der Waals surface area contributed by atoms with Crippen molar-refractivity contribution in [2.45, 2.75) is 70.3 Å². The average Bonchev–Trinajstić information content (AvgIpc) is 3.65. The number of ether oxygens (including phenoxy) is 1. The van der Waals surface area contributed by atoms with Crippen LogP contribution in [0.5, 0.6) is 0 Å². The molecular formula is C29H34N5O4+. The molecule has 9 heteroatoms. The van der Waals surface area contributed by atoms with E-state index in [2.05, 4.69) is 34.0 Å². The smallest absolute Gasteiger partial charge is 0.338 e. The van der Waals surface area contributed by atoms with E-state index in [4.69, 9.17) is 14.6 Å². The number of hydrogen-bond donors (Lipinski definition) is 3. The third kappa shape index (κ3) is 5.52. The molecule has 0 bridgehead atoms. The van der Waals surface area contributed by atoms with E-state index in [1.807, 2.05) is 6.07 Å². The lowest BCUT2D eigenvalue weighted by molar-refractivity contribution is -0.464. The van der Waals surface area contributed by atoms with Crippen molar-refractivity contribution in [1.29, 1.82) is 5.41 Å². The van der Waals surface area contributed by atoms with Crippen LogP contribution in [0.1, 0.15) is 63.0 Å². The molecule has 9 nitrogen and oxygen atoms in total. The summed E-state index contributed by atoms with van der Waals surface area (Å²) >= 11 is 0. The molecule has 0 amide bonds. The normalized spacial score (nSPS) is 22.9. The maximum Gasteiger partial charge on any atom is 0.338 e. The fraction of sp³-hybridized carbons (Fsp3) is 0.414. The van der Waals surface area contributed by atoms with Gasteiger partial charge in [-0.1, -0.05) is 31.9 Å². The predicted octanol–water partition coefficient (Wildman–Crippen LogP) is 4.41. The van der Waals surface area contributed by atoms with Gasteiger partial charge in [0.25, 0.3) is 0 Å². The number of aryl methyl sites for hydroxylation is 2. The van der Waals surface area contributed by atoms with E-state index in [9.17, 15) is 9.90 Å². The fourth-order valence-electron chi connectivity index (χ4n) is 5.77. The summed E-state index contributed by atoms with van der Waals surface area (Å²) < 4.78 is 11.7. The first-order valence-electron chi connectivity index (χ1n) is 13.3. The quantitative estimate of drug-likeness (QED) is 0.271. The average molecular weight is 517 g/mol. The molecule has 1 aromatic carbocycles. The molecule has 1 aromatic heterocycles. The summed E-state index contributed by atoms with van der Waals surface area (Å²) in [4.78, 5) is 25.8. The van der Waals surface area contributed by atoms with Gasteiger partial charge in [0, 0.05) is 30.7 Å². The number of amidine groups is 1. The molecule has 0 spiro atoms. The molecule has 2 aromatic rings. The molecule has 2 aliphatic heterocycles. The number of benzene rings is 1. The SMILES string of the molecule is CCc1cc(CCC2(C3CCCC3)CC(O)=C(CC(=N)N=C3N=CC=C[NH2+]3)C(=O)O2)ccc1-c1ncco1. The molecule has 5 rings (SSSR count). The van der Waals surface area contributed by atoms with Crippen molar-refractivity contribution in [3.63, 3.8) is 0 Å². The lowest BCUT2D eigenvalue weighted by atomic mass is 9.76. The number of aliphatic imine (C=N–C) groups is 2. The Balaban J connectivity index is 1.34. The number of carbonyl (C=O) groups excluding carboxylic acids is 1. The minimum Gasteiger partial charge on any atom is -0.512 e. The van der Waals surface area contributed by atoms with Crippen LogP contribution in [0.15, 0.2) is 68.7 Å². The van der Waals surface area contributed by atoms with Gasteiger partial charge in [0.15, 0.2) is 0 Å². The first kappa shape index (κ1) is 25.8. The maximum absolute atomic E-state index is 13.2. The Morgan fingerprint density at radius 3 is 2.84 bits per heavy atom. The molecule has 1 fully saturated rings. The van der Waals surface area contributed by atoms with Crippen molar-refractivity contribution in [2.24, 2.45) is 15.9 Å². The Hall–Kier alpha value is -3.85. The standard InChI is InChI=1S/C29H33N5O4/c1-2-20-16-19(8-9-22(20)26-31-14-15-37-26)10-11-29(21-6-3-4-7-21)18-24(35)23(27(36)38-29)17-25(30)34-28-32-12-5-13-33-28/h5,8-9,12-16,21,35H,2-4,6-7,10-11,17-18H2,1H3,(H2,30,32,33,34)/p+1. The minimum absolute atomic E-state index is 0.0163. The van der Waals surface area contributed by atoms with Gasteiger partial charge in [0.2, 0.25) is 5.89 Å². The van der Waals surface area contributed by atoms with Crippen LogP contribution >= 0.6 is 0 Å².